The molecule has 2 heterocycles. The lowest BCUT2D eigenvalue weighted by Crippen LogP contribution is -2.46. The second-order valence-corrected chi connectivity index (χ2v) is 6.11. The number of aliphatic hydroxyl groups is 1. The van der Waals surface area contributed by atoms with E-state index in [0.29, 0.717) is 44.6 Å². The number of carbonyl (C=O) groups is 1. The first kappa shape index (κ1) is 17.0. The molecule has 0 saturated carbocycles. The van der Waals surface area contributed by atoms with Gasteiger partial charge in [0.2, 0.25) is 5.91 Å². The molecule has 2 saturated heterocycles. The number of halogens is 3. The summed E-state index contributed by atoms with van der Waals surface area (Å²) in [6, 6.07) is 5.21. The predicted octanol–water partition coefficient (Wildman–Crippen LogP) is 2.15. The molecule has 0 radical (unpaired) electrons. The van der Waals surface area contributed by atoms with Gasteiger partial charge in [0.15, 0.2) is 0 Å². The normalized spacial score (nSPS) is 23.8. The molecule has 1 aromatic rings. The van der Waals surface area contributed by atoms with Crippen LogP contribution in [0.25, 0.3) is 0 Å². The van der Waals surface area contributed by atoms with Crippen molar-refractivity contribution in [3.8, 4) is 5.75 Å². The smallest absolute Gasteiger partial charge is 0.406 e. The highest BCUT2D eigenvalue weighted by molar-refractivity contribution is 5.99. The van der Waals surface area contributed by atoms with E-state index in [1.54, 1.807) is 6.07 Å². The Morgan fingerprint density at radius 2 is 1.83 bits per heavy atom. The van der Waals surface area contributed by atoms with Crippen LogP contribution in [0.5, 0.6) is 5.75 Å². The summed E-state index contributed by atoms with van der Waals surface area (Å²) in [5.41, 5.74) is 0.404. The Balaban J connectivity index is 1.70. The molecule has 2 fully saturated rings. The topological polar surface area (TPSA) is 53.0 Å². The largest absolute Gasteiger partial charge is 0.573 e. The highest BCUT2D eigenvalue weighted by Crippen LogP contribution is 2.30. The van der Waals surface area contributed by atoms with Crippen LogP contribution in [0.4, 0.5) is 18.9 Å². The van der Waals surface area contributed by atoms with Crippen molar-refractivity contribution in [3.05, 3.63) is 24.3 Å². The molecule has 3 rings (SSSR count). The number of likely N-dealkylation sites (tertiary alicyclic amines) is 1. The number of rotatable bonds is 3. The van der Waals surface area contributed by atoms with Crippen LogP contribution in [0, 0.1) is 0 Å². The standard InChI is InChI=1S/C16H19F3N2O3/c17-16(18,19)24-13-3-1-2-11(10-13)21-9-6-14(15(21)23)20-7-4-12(22)5-8-20/h1-3,10,12,14,22H,4-9H2/t14-/m0/s1. The van der Waals surface area contributed by atoms with Gasteiger partial charge >= 0.3 is 6.36 Å². The highest BCUT2D eigenvalue weighted by Gasteiger charge is 2.38. The maximum absolute atomic E-state index is 12.6. The lowest BCUT2D eigenvalue weighted by atomic mass is 10.1. The van der Waals surface area contributed by atoms with E-state index in [2.05, 4.69) is 4.74 Å². The van der Waals surface area contributed by atoms with Crippen LogP contribution in [0.2, 0.25) is 0 Å². The Hall–Kier alpha value is -1.80. The van der Waals surface area contributed by atoms with Crippen molar-refractivity contribution in [2.24, 2.45) is 0 Å². The number of nitrogens with zero attached hydrogens (tertiary/aromatic N) is 2. The van der Waals surface area contributed by atoms with Gasteiger partial charge in [-0.15, -0.1) is 13.2 Å². The van der Waals surface area contributed by atoms with Gasteiger partial charge in [-0.3, -0.25) is 9.69 Å². The Bertz CT molecular complexity index is 600. The highest BCUT2D eigenvalue weighted by atomic mass is 19.4. The number of hydrogen-bond acceptors (Lipinski definition) is 4. The fourth-order valence-electron chi connectivity index (χ4n) is 3.31. The van der Waals surface area contributed by atoms with Crippen molar-refractivity contribution < 1.29 is 27.8 Å². The molecule has 0 bridgehead atoms. The van der Waals surface area contributed by atoms with Gasteiger partial charge in [0.05, 0.1) is 12.1 Å². The Labute approximate surface area is 137 Å². The molecule has 0 spiro atoms. The number of aliphatic hydroxyl groups excluding tert-OH is 1. The molecule has 1 aromatic carbocycles. The summed E-state index contributed by atoms with van der Waals surface area (Å²) in [5.74, 6) is -0.451. The predicted molar refractivity (Wildman–Crippen MR) is 80.7 cm³/mol. The van der Waals surface area contributed by atoms with Gasteiger partial charge in [-0.25, -0.2) is 0 Å². The molecule has 132 valence electrons. The minimum atomic E-state index is -4.76. The monoisotopic (exact) mass is 344 g/mol. The number of anilines is 1. The minimum Gasteiger partial charge on any atom is -0.406 e. The second-order valence-electron chi connectivity index (χ2n) is 6.11. The van der Waals surface area contributed by atoms with Crippen LogP contribution in [-0.2, 0) is 4.79 Å². The number of benzene rings is 1. The fourth-order valence-corrected chi connectivity index (χ4v) is 3.31. The van der Waals surface area contributed by atoms with E-state index < -0.39 is 6.36 Å². The van der Waals surface area contributed by atoms with Gasteiger partial charge in [-0.1, -0.05) is 6.07 Å². The Morgan fingerprint density at radius 3 is 2.50 bits per heavy atom. The zero-order chi connectivity index (χ0) is 17.3. The molecule has 0 aliphatic carbocycles. The molecular formula is C16H19F3N2O3. The fraction of sp³-hybridized carbons (Fsp3) is 0.562. The third kappa shape index (κ3) is 3.81. The summed E-state index contributed by atoms with van der Waals surface area (Å²) in [4.78, 5) is 16.2. The molecular weight excluding hydrogens is 325 g/mol. The summed E-state index contributed by atoms with van der Waals surface area (Å²) < 4.78 is 40.9. The average molecular weight is 344 g/mol. The van der Waals surface area contributed by atoms with Crippen molar-refractivity contribution >= 4 is 11.6 Å². The van der Waals surface area contributed by atoms with Crippen molar-refractivity contribution in [2.45, 2.75) is 37.8 Å². The number of amides is 1. The van der Waals surface area contributed by atoms with Crippen molar-refractivity contribution in [3.63, 3.8) is 0 Å². The van der Waals surface area contributed by atoms with E-state index in [0.717, 1.165) is 0 Å². The molecule has 1 N–H and O–H groups in total. The Kier molecular flexibility index (Phi) is 4.69. The van der Waals surface area contributed by atoms with Gasteiger partial charge in [0, 0.05) is 31.4 Å². The maximum atomic E-state index is 12.6. The molecule has 1 atom stereocenters. The van der Waals surface area contributed by atoms with Gasteiger partial charge in [-0.05, 0) is 31.4 Å². The number of ether oxygens (including phenoxy) is 1. The van der Waals surface area contributed by atoms with Gasteiger partial charge in [0.25, 0.3) is 0 Å². The molecule has 24 heavy (non-hydrogen) atoms. The SMILES string of the molecule is O=C1[C@@H](N2CCC(O)CC2)CCN1c1cccc(OC(F)(F)F)c1. The Morgan fingerprint density at radius 1 is 1.12 bits per heavy atom. The van der Waals surface area contributed by atoms with E-state index in [9.17, 15) is 23.1 Å². The van der Waals surface area contributed by atoms with Gasteiger partial charge in [-0.2, -0.15) is 0 Å². The molecule has 5 nitrogen and oxygen atoms in total. The van der Waals surface area contributed by atoms with Crippen LogP contribution in [-0.4, -0.2) is 54.1 Å². The first-order valence-corrected chi connectivity index (χ1v) is 7.93. The van der Waals surface area contributed by atoms with Crippen LogP contribution in [0.3, 0.4) is 0 Å². The van der Waals surface area contributed by atoms with Gasteiger partial charge in [0.1, 0.15) is 5.75 Å². The summed E-state index contributed by atoms with van der Waals surface area (Å²) in [7, 11) is 0. The third-order valence-corrected chi connectivity index (χ3v) is 4.48. The zero-order valence-electron chi connectivity index (χ0n) is 13.0. The van der Waals surface area contributed by atoms with Crippen LogP contribution < -0.4 is 9.64 Å². The molecule has 2 aliphatic heterocycles. The maximum Gasteiger partial charge on any atom is 0.573 e. The summed E-state index contributed by atoms with van der Waals surface area (Å²) in [5, 5.41) is 9.56. The summed E-state index contributed by atoms with van der Waals surface area (Å²) in [6.45, 7) is 1.77. The van der Waals surface area contributed by atoms with Gasteiger partial charge < -0.3 is 14.7 Å². The van der Waals surface area contributed by atoms with Crippen molar-refractivity contribution in [1.29, 1.82) is 0 Å². The molecule has 0 unspecified atom stereocenters. The lowest BCUT2D eigenvalue weighted by molar-refractivity contribution is -0.274. The number of hydrogen-bond donors (Lipinski definition) is 1. The molecule has 0 aromatic heterocycles. The van der Waals surface area contributed by atoms with Crippen molar-refractivity contribution in [2.75, 3.05) is 24.5 Å². The number of alkyl halides is 3. The number of carbonyl (C=O) groups excluding carboxylic acids is 1. The molecule has 1 amide bonds. The average Bonchev–Trinajstić information content (AvgIpc) is 2.88. The van der Waals surface area contributed by atoms with E-state index in [1.807, 2.05) is 4.90 Å². The third-order valence-electron chi connectivity index (χ3n) is 4.48. The minimum absolute atomic E-state index is 0.115. The lowest BCUT2D eigenvalue weighted by Gasteiger charge is -2.33. The first-order valence-electron chi connectivity index (χ1n) is 7.93. The van der Waals surface area contributed by atoms with E-state index in [1.165, 1.54) is 23.1 Å². The zero-order valence-corrected chi connectivity index (χ0v) is 13.0. The quantitative estimate of drug-likeness (QED) is 0.913. The van der Waals surface area contributed by atoms with Crippen molar-refractivity contribution in [1.82, 2.24) is 4.90 Å². The summed E-state index contributed by atoms with van der Waals surface area (Å²) in [6.07, 6.45) is -3.17. The van der Waals surface area contributed by atoms with Crippen LogP contribution in [0.15, 0.2) is 24.3 Å². The second kappa shape index (κ2) is 6.60. The molecule has 8 heteroatoms. The van der Waals surface area contributed by atoms with Crippen LogP contribution in [0.1, 0.15) is 19.3 Å². The van der Waals surface area contributed by atoms with E-state index in [4.69, 9.17) is 0 Å². The van der Waals surface area contributed by atoms with E-state index >= 15 is 0 Å². The summed E-state index contributed by atoms with van der Waals surface area (Å²) >= 11 is 0. The number of piperidine rings is 1. The van der Waals surface area contributed by atoms with E-state index in [-0.39, 0.29) is 23.8 Å². The first-order chi connectivity index (χ1) is 11.3. The van der Waals surface area contributed by atoms with Crippen LogP contribution >= 0.6 is 0 Å². The molecule has 2 aliphatic rings.